The lowest BCUT2D eigenvalue weighted by Crippen LogP contribution is -2.25. The van der Waals surface area contributed by atoms with E-state index in [0.29, 0.717) is 11.2 Å². The van der Waals surface area contributed by atoms with Crippen molar-refractivity contribution in [3.8, 4) is 0 Å². The number of hydrogen-bond donors (Lipinski definition) is 0. The van der Waals surface area contributed by atoms with Crippen LogP contribution in [0.4, 0.5) is 5.88 Å². The molecule has 0 aliphatic carbocycles. The standard InChI is InChI=1S/C16H25NO2/c1-12(18)14-7-8-15(19-14)17-10-5-6-13(9-11-17)16(2,3)4/h7-8,13H,5-6,9-11H2,1-4H3. The van der Waals surface area contributed by atoms with Crippen molar-refractivity contribution in [2.45, 2.75) is 47.0 Å². The summed E-state index contributed by atoms with van der Waals surface area (Å²) in [6.07, 6.45) is 3.66. The molecule has 3 heteroatoms. The first-order valence-electron chi connectivity index (χ1n) is 7.23. The minimum atomic E-state index is -0.00589. The molecule has 0 N–H and O–H groups in total. The molecule has 1 atom stereocenters. The van der Waals surface area contributed by atoms with Crippen LogP contribution in [0.3, 0.4) is 0 Å². The van der Waals surface area contributed by atoms with Gasteiger partial charge in [0.1, 0.15) is 0 Å². The highest BCUT2D eigenvalue weighted by atomic mass is 16.4. The summed E-state index contributed by atoms with van der Waals surface area (Å²) >= 11 is 0. The van der Waals surface area contributed by atoms with E-state index >= 15 is 0 Å². The highest BCUT2D eigenvalue weighted by molar-refractivity contribution is 5.91. The summed E-state index contributed by atoms with van der Waals surface area (Å²) in [6.45, 7) is 10.6. The molecule has 0 radical (unpaired) electrons. The van der Waals surface area contributed by atoms with Gasteiger partial charge in [-0.2, -0.15) is 0 Å². The van der Waals surface area contributed by atoms with Gasteiger partial charge >= 0.3 is 0 Å². The van der Waals surface area contributed by atoms with E-state index in [1.807, 2.05) is 6.07 Å². The molecule has 1 aliphatic rings. The lowest BCUT2D eigenvalue weighted by Gasteiger charge is -2.29. The first-order valence-corrected chi connectivity index (χ1v) is 7.23. The summed E-state index contributed by atoms with van der Waals surface area (Å²) in [5.74, 6) is 2.07. The molecule has 1 aromatic heterocycles. The van der Waals surface area contributed by atoms with Gasteiger partial charge in [0.25, 0.3) is 0 Å². The van der Waals surface area contributed by atoms with Gasteiger partial charge in [0.05, 0.1) is 0 Å². The SMILES string of the molecule is CC(=O)c1ccc(N2CCCC(C(C)(C)C)CC2)o1. The first kappa shape index (κ1) is 14.2. The largest absolute Gasteiger partial charge is 0.437 e. The van der Waals surface area contributed by atoms with Gasteiger partial charge in [0.15, 0.2) is 17.4 Å². The van der Waals surface area contributed by atoms with Crippen molar-refractivity contribution in [1.29, 1.82) is 0 Å². The molecule has 19 heavy (non-hydrogen) atoms. The Labute approximate surface area is 116 Å². The highest BCUT2D eigenvalue weighted by Crippen LogP contribution is 2.35. The molecule has 0 saturated carbocycles. The molecule has 1 aliphatic heterocycles. The number of Topliss-reactive ketones (excluding diaryl/α,β-unsaturated/α-hetero) is 1. The maximum absolute atomic E-state index is 11.3. The molecule has 0 spiro atoms. The summed E-state index contributed by atoms with van der Waals surface area (Å²) in [6, 6.07) is 3.71. The molecule has 1 fully saturated rings. The summed E-state index contributed by atoms with van der Waals surface area (Å²) in [7, 11) is 0. The van der Waals surface area contributed by atoms with Crippen LogP contribution in [-0.4, -0.2) is 18.9 Å². The zero-order valence-electron chi connectivity index (χ0n) is 12.5. The van der Waals surface area contributed by atoms with Gasteiger partial charge in [-0.3, -0.25) is 4.79 Å². The molecule has 1 unspecified atom stereocenters. The van der Waals surface area contributed by atoms with Gasteiger partial charge in [-0.05, 0) is 36.7 Å². The molecular weight excluding hydrogens is 238 g/mol. The molecule has 2 rings (SSSR count). The second kappa shape index (κ2) is 5.40. The van der Waals surface area contributed by atoms with Crippen LogP contribution < -0.4 is 4.90 Å². The number of ketones is 1. The van der Waals surface area contributed by atoms with E-state index in [1.54, 1.807) is 13.0 Å². The van der Waals surface area contributed by atoms with Gasteiger partial charge in [-0.25, -0.2) is 0 Å². The molecule has 0 amide bonds. The fourth-order valence-corrected chi connectivity index (χ4v) is 2.87. The van der Waals surface area contributed by atoms with E-state index in [0.717, 1.165) is 24.9 Å². The Morgan fingerprint density at radius 1 is 1.26 bits per heavy atom. The molecule has 2 heterocycles. The van der Waals surface area contributed by atoms with Crippen molar-refractivity contribution in [3.05, 3.63) is 17.9 Å². The quantitative estimate of drug-likeness (QED) is 0.752. The van der Waals surface area contributed by atoms with E-state index < -0.39 is 0 Å². The van der Waals surface area contributed by atoms with E-state index in [4.69, 9.17) is 4.42 Å². The topological polar surface area (TPSA) is 33.5 Å². The van der Waals surface area contributed by atoms with Gasteiger partial charge in [0, 0.05) is 26.1 Å². The summed E-state index contributed by atoms with van der Waals surface area (Å²) in [5, 5.41) is 0. The second-order valence-electron chi connectivity index (χ2n) is 6.67. The van der Waals surface area contributed by atoms with Crippen molar-refractivity contribution in [2.75, 3.05) is 18.0 Å². The highest BCUT2D eigenvalue weighted by Gasteiger charge is 2.27. The van der Waals surface area contributed by atoms with Crippen molar-refractivity contribution in [1.82, 2.24) is 0 Å². The van der Waals surface area contributed by atoms with Crippen LogP contribution in [0.15, 0.2) is 16.5 Å². The third-order valence-electron chi connectivity index (χ3n) is 4.20. The smallest absolute Gasteiger partial charge is 0.196 e. The minimum Gasteiger partial charge on any atom is -0.437 e. The Balaban J connectivity index is 2.04. The first-order chi connectivity index (χ1) is 8.88. The van der Waals surface area contributed by atoms with Gasteiger partial charge < -0.3 is 9.32 Å². The van der Waals surface area contributed by atoms with E-state index in [1.165, 1.54) is 19.3 Å². The Bertz CT molecular complexity index is 442. The molecule has 1 saturated heterocycles. The Kier molecular flexibility index (Phi) is 4.02. The molecule has 106 valence electrons. The van der Waals surface area contributed by atoms with E-state index in [-0.39, 0.29) is 5.78 Å². The predicted octanol–water partition coefficient (Wildman–Crippen LogP) is 4.13. The number of carbonyl (C=O) groups excluding carboxylic acids is 1. The van der Waals surface area contributed by atoms with Crippen LogP contribution in [-0.2, 0) is 0 Å². The van der Waals surface area contributed by atoms with Gasteiger partial charge in [0.2, 0.25) is 0 Å². The van der Waals surface area contributed by atoms with Crippen LogP contribution in [0.2, 0.25) is 0 Å². The summed E-state index contributed by atoms with van der Waals surface area (Å²) in [4.78, 5) is 13.6. The lowest BCUT2D eigenvalue weighted by molar-refractivity contribution is 0.0987. The predicted molar refractivity (Wildman–Crippen MR) is 77.7 cm³/mol. The zero-order valence-corrected chi connectivity index (χ0v) is 12.5. The van der Waals surface area contributed by atoms with Crippen molar-refractivity contribution in [2.24, 2.45) is 11.3 Å². The number of anilines is 1. The third-order valence-corrected chi connectivity index (χ3v) is 4.20. The maximum atomic E-state index is 11.3. The monoisotopic (exact) mass is 263 g/mol. The lowest BCUT2D eigenvalue weighted by atomic mass is 9.77. The average molecular weight is 263 g/mol. The van der Waals surface area contributed by atoms with Crippen LogP contribution in [0.1, 0.15) is 57.5 Å². The molecule has 0 aromatic carbocycles. The Morgan fingerprint density at radius 2 is 2.00 bits per heavy atom. The number of carbonyl (C=O) groups is 1. The minimum absolute atomic E-state index is 0.00589. The van der Waals surface area contributed by atoms with Crippen molar-refractivity contribution < 1.29 is 9.21 Å². The number of hydrogen-bond acceptors (Lipinski definition) is 3. The second-order valence-corrected chi connectivity index (χ2v) is 6.67. The Morgan fingerprint density at radius 3 is 2.58 bits per heavy atom. The number of rotatable bonds is 2. The normalized spacial score (nSPS) is 21.3. The summed E-state index contributed by atoms with van der Waals surface area (Å²) in [5.41, 5.74) is 0.379. The third kappa shape index (κ3) is 3.40. The van der Waals surface area contributed by atoms with Crippen LogP contribution in [0, 0.1) is 11.3 Å². The fraction of sp³-hybridized carbons (Fsp3) is 0.688. The van der Waals surface area contributed by atoms with Crippen LogP contribution >= 0.6 is 0 Å². The maximum Gasteiger partial charge on any atom is 0.196 e. The molecular formula is C16H25NO2. The molecule has 1 aromatic rings. The van der Waals surface area contributed by atoms with Crippen molar-refractivity contribution in [3.63, 3.8) is 0 Å². The van der Waals surface area contributed by atoms with Crippen molar-refractivity contribution >= 4 is 11.7 Å². The van der Waals surface area contributed by atoms with Crippen LogP contribution in [0.25, 0.3) is 0 Å². The van der Waals surface area contributed by atoms with Gasteiger partial charge in [-0.15, -0.1) is 0 Å². The fourth-order valence-electron chi connectivity index (χ4n) is 2.87. The molecule has 0 bridgehead atoms. The van der Waals surface area contributed by atoms with E-state index in [9.17, 15) is 4.79 Å². The van der Waals surface area contributed by atoms with Gasteiger partial charge in [-0.1, -0.05) is 20.8 Å². The molecule has 3 nitrogen and oxygen atoms in total. The Hall–Kier alpha value is -1.25. The number of nitrogens with zero attached hydrogens (tertiary/aromatic N) is 1. The average Bonchev–Trinajstić information content (AvgIpc) is 2.66. The number of furan rings is 1. The van der Waals surface area contributed by atoms with E-state index in [2.05, 4.69) is 25.7 Å². The summed E-state index contributed by atoms with van der Waals surface area (Å²) < 4.78 is 5.64. The van der Waals surface area contributed by atoms with Crippen LogP contribution in [0.5, 0.6) is 0 Å². The zero-order chi connectivity index (χ0) is 14.0.